The predicted octanol–water partition coefficient (Wildman–Crippen LogP) is 5.53. The quantitative estimate of drug-likeness (QED) is 0.641. The van der Waals surface area contributed by atoms with Crippen LogP contribution < -0.4 is 10.3 Å². The van der Waals surface area contributed by atoms with Crippen molar-refractivity contribution >= 4 is 12.2 Å². The number of likely N-dealkylation sites (tertiary alicyclic amines) is 1. The molecule has 31 heavy (non-hydrogen) atoms. The number of ether oxygens (including phenoxy) is 1. The van der Waals surface area contributed by atoms with Gasteiger partial charge in [0, 0.05) is 31.4 Å². The van der Waals surface area contributed by atoms with Crippen molar-refractivity contribution < 1.29 is 4.74 Å². The molecule has 1 saturated carbocycles. The highest BCUT2D eigenvalue weighted by molar-refractivity contribution is 5.70. The second-order valence-corrected chi connectivity index (χ2v) is 9.96. The Labute approximate surface area is 186 Å². The first-order valence-electron chi connectivity index (χ1n) is 11.8. The minimum Gasteiger partial charge on any atom is -0.487 e. The summed E-state index contributed by atoms with van der Waals surface area (Å²) in [5, 5.41) is 0. The van der Waals surface area contributed by atoms with Gasteiger partial charge in [0.1, 0.15) is 11.4 Å². The highest BCUT2D eigenvalue weighted by atomic mass is 16.5. The van der Waals surface area contributed by atoms with Gasteiger partial charge in [0.2, 0.25) is 5.56 Å². The van der Waals surface area contributed by atoms with E-state index in [0.717, 1.165) is 55.3 Å². The Hall–Kier alpha value is -2.33. The zero-order chi connectivity index (χ0) is 21.8. The third-order valence-corrected chi connectivity index (χ3v) is 6.79. The van der Waals surface area contributed by atoms with Crippen molar-refractivity contribution in [3.05, 3.63) is 63.6 Å². The molecule has 0 spiro atoms. The summed E-state index contributed by atoms with van der Waals surface area (Å²) in [7, 11) is 0. The average Bonchev–Trinajstić information content (AvgIpc) is 2.69. The van der Waals surface area contributed by atoms with Crippen molar-refractivity contribution in [2.24, 2.45) is 5.92 Å². The van der Waals surface area contributed by atoms with Crippen LogP contribution in [0.1, 0.15) is 69.6 Å². The van der Waals surface area contributed by atoms with Gasteiger partial charge >= 0.3 is 0 Å². The standard InChI is InChI=1S/C27H36N2O2/c1-20(2)17-23-18-21(7-8-22-10-12-26(30)28-19-22)9-11-25(23)31-27(3)13-15-29(16-14-27)24-5-4-6-24/h7-12,18-20,24H,4-6,13-17H2,1-3H3,(H,28,30)/b8-7+. The summed E-state index contributed by atoms with van der Waals surface area (Å²) in [6.45, 7) is 9.10. The fraction of sp³-hybridized carbons (Fsp3) is 0.519. The number of hydrogen-bond donors (Lipinski definition) is 1. The predicted molar refractivity (Wildman–Crippen MR) is 128 cm³/mol. The molecule has 1 aliphatic heterocycles. The summed E-state index contributed by atoms with van der Waals surface area (Å²) in [5.41, 5.74) is 3.25. The van der Waals surface area contributed by atoms with Crippen molar-refractivity contribution in [2.45, 2.75) is 70.9 Å². The molecule has 1 aromatic carbocycles. The summed E-state index contributed by atoms with van der Waals surface area (Å²) in [5.74, 6) is 1.60. The van der Waals surface area contributed by atoms with E-state index in [1.807, 2.05) is 12.1 Å². The lowest BCUT2D eigenvalue weighted by Gasteiger charge is -2.45. The minimum atomic E-state index is -0.0841. The monoisotopic (exact) mass is 420 g/mol. The van der Waals surface area contributed by atoms with Crippen LogP contribution >= 0.6 is 0 Å². The van der Waals surface area contributed by atoms with E-state index >= 15 is 0 Å². The first kappa shape index (κ1) is 21.9. The molecule has 2 heterocycles. The highest BCUT2D eigenvalue weighted by Gasteiger charge is 2.36. The minimum absolute atomic E-state index is 0.0788. The number of H-pyrrole nitrogens is 1. The Morgan fingerprint density at radius 1 is 1.13 bits per heavy atom. The van der Waals surface area contributed by atoms with Gasteiger partial charge in [-0.05, 0) is 79.8 Å². The summed E-state index contributed by atoms with van der Waals surface area (Å²) >= 11 is 0. The number of nitrogens with zero attached hydrogens (tertiary/aromatic N) is 1. The van der Waals surface area contributed by atoms with Crippen LogP contribution in [-0.2, 0) is 6.42 Å². The van der Waals surface area contributed by atoms with Gasteiger partial charge in [-0.25, -0.2) is 0 Å². The molecular formula is C27H36N2O2. The molecule has 0 radical (unpaired) electrons. The molecule has 1 saturated heterocycles. The largest absolute Gasteiger partial charge is 0.487 e. The van der Waals surface area contributed by atoms with E-state index in [1.165, 1.54) is 24.8 Å². The molecule has 1 aromatic heterocycles. The van der Waals surface area contributed by atoms with Gasteiger partial charge in [-0.15, -0.1) is 0 Å². The molecular weight excluding hydrogens is 384 g/mol. The first-order chi connectivity index (χ1) is 14.9. The van der Waals surface area contributed by atoms with Crippen LogP contribution in [0.25, 0.3) is 12.2 Å². The van der Waals surface area contributed by atoms with E-state index in [-0.39, 0.29) is 11.2 Å². The Kier molecular flexibility index (Phi) is 6.66. The number of aromatic nitrogens is 1. The Balaban J connectivity index is 1.47. The van der Waals surface area contributed by atoms with E-state index in [1.54, 1.807) is 12.3 Å². The molecule has 166 valence electrons. The zero-order valence-electron chi connectivity index (χ0n) is 19.2. The maximum absolute atomic E-state index is 11.2. The summed E-state index contributed by atoms with van der Waals surface area (Å²) in [6, 6.07) is 10.7. The fourth-order valence-electron chi connectivity index (χ4n) is 4.60. The van der Waals surface area contributed by atoms with Gasteiger partial charge in [-0.1, -0.05) is 38.5 Å². The van der Waals surface area contributed by atoms with Crippen molar-refractivity contribution in [2.75, 3.05) is 13.1 Å². The van der Waals surface area contributed by atoms with Gasteiger partial charge in [0.15, 0.2) is 0 Å². The molecule has 0 bridgehead atoms. The van der Waals surface area contributed by atoms with E-state index in [0.29, 0.717) is 5.92 Å². The maximum atomic E-state index is 11.2. The number of aromatic amines is 1. The van der Waals surface area contributed by atoms with Crippen LogP contribution in [0.15, 0.2) is 41.3 Å². The zero-order valence-corrected chi connectivity index (χ0v) is 19.2. The Bertz CT molecular complexity index is 943. The van der Waals surface area contributed by atoms with Gasteiger partial charge in [-0.3, -0.25) is 4.79 Å². The maximum Gasteiger partial charge on any atom is 0.247 e. The van der Waals surface area contributed by atoms with Gasteiger partial charge in [0.25, 0.3) is 0 Å². The topological polar surface area (TPSA) is 45.3 Å². The third-order valence-electron chi connectivity index (χ3n) is 6.79. The van der Waals surface area contributed by atoms with Gasteiger partial charge < -0.3 is 14.6 Å². The average molecular weight is 421 g/mol. The lowest BCUT2D eigenvalue weighted by atomic mass is 9.86. The Morgan fingerprint density at radius 2 is 1.84 bits per heavy atom. The van der Waals surface area contributed by atoms with Crippen LogP contribution in [0.3, 0.4) is 0 Å². The first-order valence-corrected chi connectivity index (χ1v) is 11.8. The summed E-state index contributed by atoms with van der Waals surface area (Å²) in [6.07, 6.45) is 13.2. The number of rotatable bonds is 7. The second-order valence-electron chi connectivity index (χ2n) is 9.96. The van der Waals surface area contributed by atoms with E-state index in [9.17, 15) is 4.79 Å². The molecule has 2 aromatic rings. The molecule has 2 fully saturated rings. The molecule has 1 aliphatic carbocycles. The molecule has 4 rings (SSSR count). The highest BCUT2D eigenvalue weighted by Crippen LogP contribution is 2.35. The molecule has 1 N–H and O–H groups in total. The van der Waals surface area contributed by atoms with E-state index in [2.05, 4.69) is 54.9 Å². The van der Waals surface area contributed by atoms with Crippen LogP contribution in [0.5, 0.6) is 5.75 Å². The molecule has 0 atom stereocenters. The molecule has 0 amide bonds. The lowest BCUT2D eigenvalue weighted by molar-refractivity contribution is -0.00972. The number of nitrogens with one attached hydrogen (secondary N) is 1. The van der Waals surface area contributed by atoms with Crippen molar-refractivity contribution in [3.63, 3.8) is 0 Å². The smallest absolute Gasteiger partial charge is 0.247 e. The van der Waals surface area contributed by atoms with Crippen LogP contribution in [0.4, 0.5) is 0 Å². The van der Waals surface area contributed by atoms with E-state index < -0.39 is 0 Å². The number of hydrogen-bond acceptors (Lipinski definition) is 3. The van der Waals surface area contributed by atoms with Crippen molar-refractivity contribution in [3.8, 4) is 5.75 Å². The fourth-order valence-corrected chi connectivity index (χ4v) is 4.60. The molecule has 0 unspecified atom stereocenters. The molecule has 2 aliphatic rings. The van der Waals surface area contributed by atoms with Crippen LogP contribution in [0, 0.1) is 5.92 Å². The SMILES string of the molecule is CC(C)Cc1cc(/C=C/c2ccc(=O)[nH]c2)ccc1OC1(C)CCN(C2CCC2)CC1. The number of pyridine rings is 1. The second kappa shape index (κ2) is 9.44. The third kappa shape index (κ3) is 5.68. The van der Waals surface area contributed by atoms with Crippen LogP contribution in [-0.4, -0.2) is 34.6 Å². The molecule has 4 heteroatoms. The van der Waals surface area contributed by atoms with Crippen molar-refractivity contribution in [1.29, 1.82) is 0 Å². The number of piperidine rings is 1. The normalized spacial score (nSPS) is 19.6. The summed E-state index contributed by atoms with van der Waals surface area (Å²) in [4.78, 5) is 16.6. The van der Waals surface area contributed by atoms with Crippen molar-refractivity contribution in [1.82, 2.24) is 9.88 Å². The number of benzene rings is 1. The van der Waals surface area contributed by atoms with E-state index in [4.69, 9.17) is 4.74 Å². The summed E-state index contributed by atoms with van der Waals surface area (Å²) < 4.78 is 6.70. The Morgan fingerprint density at radius 3 is 2.45 bits per heavy atom. The van der Waals surface area contributed by atoms with Gasteiger partial charge in [-0.2, -0.15) is 0 Å². The lowest BCUT2D eigenvalue weighted by Crippen LogP contribution is -2.51. The van der Waals surface area contributed by atoms with Gasteiger partial charge in [0.05, 0.1) is 0 Å². The van der Waals surface area contributed by atoms with Crippen LogP contribution in [0.2, 0.25) is 0 Å². The molecule has 4 nitrogen and oxygen atoms in total.